The van der Waals surface area contributed by atoms with E-state index in [2.05, 4.69) is 24.8 Å². The fraction of sp³-hybridized carbons (Fsp3) is 0.353. The maximum Gasteiger partial charge on any atom is 0.215 e. The minimum Gasteiger partial charge on any atom is -0.481 e. The smallest absolute Gasteiger partial charge is 0.215 e. The van der Waals surface area contributed by atoms with Gasteiger partial charge in [-0.2, -0.15) is 4.98 Å². The predicted octanol–water partition coefficient (Wildman–Crippen LogP) is 2.15. The van der Waals surface area contributed by atoms with Gasteiger partial charge in [0.25, 0.3) is 0 Å². The molecule has 4 rings (SSSR count). The third-order valence-electron chi connectivity index (χ3n) is 4.30. The molecule has 0 bridgehead atoms. The highest BCUT2D eigenvalue weighted by Gasteiger charge is 2.33. The second-order valence-corrected chi connectivity index (χ2v) is 7.77. The zero-order valence-electron chi connectivity index (χ0n) is 14.6. The molecule has 0 amide bonds. The van der Waals surface area contributed by atoms with Crippen molar-refractivity contribution in [1.29, 1.82) is 0 Å². The second kappa shape index (κ2) is 7.89. The molecule has 0 radical (unpaired) electrons. The quantitative estimate of drug-likeness (QED) is 0.692. The number of aromatic amines is 1. The molecule has 1 aliphatic rings. The molecule has 4 heterocycles. The summed E-state index contributed by atoms with van der Waals surface area (Å²) in [7, 11) is -0.00617. The number of methoxy groups -OCH3 is 1. The Morgan fingerprint density at radius 1 is 1.30 bits per heavy atom. The van der Waals surface area contributed by atoms with Gasteiger partial charge in [-0.15, -0.1) is 0 Å². The number of hydrogen-bond donors (Lipinski definition) is 1. The summed E-state index contributed by atoms with van der Waals surface area (Å²) in [5.41, 5.74) is 1.70. The number of halogens is 1. The number of H-pyrrole nitrogens is 1. The van der Waals surface area contributed by atoms with E-state index in [1.807, 2.05) is 0 Å². The van der Waals surface area contributed by atoms with Crippen molar-refractivity contribution in [3.05, 3.63) is 41.2 Å². The average molecular weight is 408 g/mol. The maximum absolute atomic E-state index is 13.5. The number of pyridine rings is 2. The molecule has 8 nitrogen and oxygen atoms in total. The summed E-state index contributed by atoms with van der Waals surface area (Å²) in [4.78, 5) is 18.3. The summed E-state index contributed by atoms with van der Waals surface area (Å²) < 4.78 is 24.1. The van der Waals surface area contributed by atoms with E-state index in [9.17, 15) is 4.21 Å². The number of fused-ring (bicyclic) bond motifs is 1. The zero-order valence-corrected chi connectivity index (χ0v) is 16.2. The van der Waals surface area contributed by atoms with Crippen molar-refractivity contribution < 1.29 is 13.7 Å². The highest BCUT2D eigenvalue weighted by atomic mass is 35.5. The normalized spacial score (nSPS) is 17.7. The molecular formula is C17H18ClN5O3S. The number of nitrogens with zero attached hydrogens (tertiary/aromatic N) is 4. The van der Waals surface area contributed by atoms with Crippen LogP contribution in [0.2, 0.25) is 5.02 Å². The number of aromatic nitrogens is 4. The van der Waals surface area contributed by atoms with Gasteiger partial charge in [-0.3, -0.25) is 9.88 Å². The van der Waals surface area contributed by atoms with Crippen LogP contribution in [-0.2, 0) is 15.5 Å². The van der Waals surface area contributed by atoms with Crippen LogP contribution in [0, 0.1) is 0 Å². The molecule has 142 valence electrons. The Labute approximate surface area is 163 Å². The third-order valence-corrected chi connectivity index (χ3v) is 6.12. The van der Waals surface area contributed by atoms with Gasteiger partial charge in [0.1, 0.15) is 16.2 Å². The van der Waals surface area contributed by atoms with E-state index in [1.54, 1.807) is 30.5 Å². The molecule has 2 unspecified atom stereocenters. The van der Waals surface area contributed by atoms with Crippen LogP contribution >= 0.6 is 11.6 Å². The van der Waals surface area contributed by atoms with Gasteiger partial charge in [-0.25, -0.2) is 9.19 Å². The van der Waals surface area contributed by atoms with Gasteiger partial charge >= 0.3 is 0 Å². The topological polar surface area (TPSA) is 93.2 Å². The van der Waals surface area contributed by atoms with Crippen LogP contribution in [0.15, 0.2) is 35.6 Å². The van der Waals surface area contributed by atoms with Gasteiger partial charge < -0.3 is 14.5 Å². The van der Waals surface area contributed by atoms with Crippen molar-refractivity contribution >= 4 is 33.6 Å². The molecular weight excluding hydrogens is 390 g/mol. The summed E-state index contributed by atoms with van der Waals surface area (Å²) in [6, 6.07) is 7.02. The van der Waals surface area contributed by atoms with Crippen LogP contribution in [0.1, 0.15) is 11.1 Å². The fourth-order valence-electron chi connectivity index (χ4n) is 2.97. The van der Waals surface area contributed by atoms with Gasteiger partial charge in [0.2, 0.25) is 11.0 Å². The summed E-state index contributed by atoms with van der Waals surface area (Å²) in [6.07, 6.45) is 1.65. The van der Waals surface area contributed by atoms with Crippen molar-refractivity contribution in [2.75, 3.05) is 33.4 Å². The van der Waals surface area contributed by atoms with E-state index >= 15 is 0 Å². The Hall–Kier alpha value is -2.07. The third kappa shape index (κ3) is 3.68. The summed E-state index contributed by atoms with van der Waals surface area (Å²) >= 11 is 6.37. The Bertz CT molecular complexity index is 976. The molecule has 3 aromatic heterocycles. The summed E-state index contributed by atoms with van der Waals surface area (Å²) in [6.45, 7) is 2.40. The SMILES string of the molecule is COc1ccc2[nH]c(S(=O)C(c3ncccc3Cl)N3CCOCC3)nc2n1. The highest BCUT2D eigenvalue weighted by molar-refractivity contribution is 7.85. The number of imidazole rings is 1. The summed E-state index contributed by atoms with van der Waals surface area (Å²) in [5, 5.41) is 0.257. The largest absolute Gasteiger partial charge is 0.481 e. The van der Waals surface area contributed by atoms with Crippen LogP contribution in [0.3, 0.4) is 0 Å². The average Bonchev–Trinajstić information content (AvgIpc) is 3.13. The first-order chi connectivity index (χ1) is 13.2. The van der Waals surface area contributed by atoms with Gasteiger partial charge in [0.05, 0.1) is 36.6 Å². The second-order valence-electron chi connectivity index (χ2n) is 5.94. The van der Waals surface area contributed by atoms with Crippen molar-refractivity contribution in [3.63, 3.8) is 0 Å². The molecule has 27 heavy (non-hydrogen) atoms. The molecule has 1 saturated heterocycles. The zero-order chi connectivity index (χ0) is 18.8. The molecule has 1 fully saturated rings. The van der Waals surface area contributed by atoms with Gasteiger partial charge in [-0.05, 0) is 18.2 Å². The van der Waals surface area contributed by atoms with Crippen LogP contribution in [0.5, 0.6) is 5.88 Å². The van der Waals surface area contributed by atoms with E-state index in [1.165, 1.54) is 7.11 Å². The molecule has 1 N–H and O–H groups in total. The Morgan fingerprint density at radius 2 is 2.11 bits per heavy atom. The Morgan fingerprint density at radius 3 is 2.85 bits per heavy atom. The van der Waals surface area contributed by atoms with E-state index in [-0.39, 0.29) is 0 Å². The first-order valence-corrected chi connectivity index (χ1v) is 10.00. The van der Waals surface area contributed by atoms with E-state index in [0.29, 0.717) is 59.2 Å². The van der Waals surface area contributed by atoms with Gasteiger partial charge in [0, 0.05) is 25.4 Å². The van der Waals surface area contributed by atoms with Crippen LogP contribution in [0.4, 0.5) is 0 Å². The number of hydrogen-bond acceptors (Lipinski definition) is 7. The molecule has 10 heteroatoms. The molecule has 1 aliphatic heterocycles. The lowest BCUT2D eigenvalue weighted by atomic mass is 10.3. The minimum absolute atomic E-state index is 0.323. The maximum atomic E-state index is 13.5. The van der Waals surface area contributed by atoms with Crippen LogP contribution in [-0.4, -0.2) is 62.5 Å². The van der Waals surface area contributed by atoms with Crippen molar-refractivity contribution in [2.45, 2.75) is 10.5 Å². The number of ether oxygens (including phenoxy) is 2. The number of morpholine rings is 1. The van der Waals surface area contributed by atoms with Crippen molar-refractivity contribution in [2.24, 2.45) is 0 Å². The van der Waals surface area contributed by atoms with Gasteiger partial charge in [0.15, 0.2) is 5.65 Å². The van der Waals surface area contributed by atoms with Gasteiger partial charge in [-0.1, -0.05) is 11.6 Å². The van der Waals surface area contributed by atoms with Crippen molar-refractivity contribution in [3.8, 4) is 5.88 Å². The lowest BCUT2D eigenvalue weighted by Gasteiger charge is -2.33. The Balaban J connectivity index is 1.75. The molecule has 0 aliphatic carbocycles. The number of nitrogens with one attached hydrogen (secondary N) is 1. The standard InChI is InChI=1S/C17H18ClN5O3S/c1-25-13-5-4-12-15(21-13)22-17(20-12)27(24)16(23-7-9-26-10-8-23)14-11(18)3-2-6-19-14/h2-6,16H,7-10H2,1H3,(H,20,21,22). The molecule has 3 aromatic rings. The van der Waals surface area contributed by atoms with Crippen LogP contribution in [0.25, 0.3) is 11.2 Å². The van der Waals surface area contributed by atoms with E-state index < -0.39 is 16.2 Å². The molecule has 0 saturated carbocycles. The molecule has 0 spiro atoms. The first-order valence-electron chi connectivity index (χ1n) is 8.41. The lowest BCUT2D eigenvalue weighted by molar-refractivity contribution is 0.0309. The van der Waals surface area contributed by atoms with E-state index in [0.717, 1.165) is 0 Å². The van der Waals surface area contributed by atoms with E-state index in [4.69, 9.17) is 21.1 Å². The predicted molar refractivity (Wildman–Crippen MR) is 101 cm³/mol. The minimum atomic E-state index is -1.55. The Kier molecular flexibility index (Phi) is 5.35. The fourth-order valence-corrected chi connectivity index (χ4v) is 4.73. The van der Waals surface area contributed by atoms with Crippen molar-refractivity contribution in [1.82, 2.24) is 24.8 Å². The molecule has 2 atom stereocenters. The lowest BCUT2D eigenvalue weighted by Crippen LogP contribution is -2.41. The monoisotopic (exact) mass is 407 g/mol. The highest BCUT2D eigenvalue weighted by Crippen LogP contribution is 2.32. The van der Waals surface area contributed by atoms with Crippen LogP contribution < -0.4 is 4.74 Å². The summed E-state index contributed by atoms with van der Waals surface area (Å²) in [5.74, 6) is 0.448. The number of rotatable bonds is 5. The molecule has 0 aromatic carbocycles. The first kappa shape index (κ1) is 18.3.